The lowest BCUT2D eigenvalue weighted by molar-refractivity contribution is -0.199. The van der Waals surface area contributed by atoms with Crippen molar-refractivity contribution in [3.8, 4) is 0 Å². The maximum Gasteiger partial charge on any atom is 0.216 e. The maximum atomic E-state index is 9.73. The van der Waals surface area contributed by atoms with Crippen LogP contribution in [0.2, 0.25) is 0 Å². The topological polar surface area (TPSA) is 52.9 Å². The van der Waals surface area contributed by atoms with Gasteiger partial charge in [-0.2, -0.15) is 0 Å². The van der Waals surface area contributed by atoms with Crippen molar-refractivity contribution in [2.24, 2.45) is 5.92 Å². The summed E-state index contributed by atoms with van der Waals surface area (Å²) in [4.78, 5) is 1.99. The summed E-state index contributed by atoms with van der Waals surface area (Å²) in [6, 6.07) is 0. The first-order valence-corrected chi connectivity index (χ1v) is 6.42. The van der Waals surface area contributed by atoms with Gasteiger partial charge in [0.1, 0.15) is 0 Å². The van der Waals surface area contributed by atoms with E-state index in [9.17, 15) is 5.11 Å². The highest BCUT2D eigenvalue weighted by Gasteiger charge is 2.23. The van der Waals surface area contributed by atoms with Crippen molar-refractivity contribution < 1.29 is 14.9 Å². The van der Waals surface area contributed by atoms with E-state index in [-0.39, 0.29) is 0 Å². The van der Waals surface area contributed by atoms with Crippen LogP contribution >= 0.6 is 0 Å². The van der Waals surface area contributed by atoms with Gasteiger partial charge in [0.15, 0.2) is 0 Å². The zero-order chi connectivity index (χ0) is 11.8. The van der Waals surface area contributed by atoms with E-state index < -0.39 is 6.41 Å². The molecule has 96 valence electrons. The first-order valence-electron chi connectivity index (χ1n) is 6.42. The molecular formula is C12H25NO3. The van der Waals surface area contributed by atoms with E-state index >= 15 is 0 Å². The molecule has 1 fully saturated rings. The van der Waals surface area contributed by atoms with Gasteiger partial charge in [0.2, 0.25) is 6.41 Å². The van der Waals surface area contributed by atoms with Gasteiger partial charge in [0, 0.05) is 19.7 Å². The highest BCUT2D eigenvalue weighted by atomic mass is 16.6. The molecule has 4 heteroatoms. The lowest BCUT2D eigenvalue weighted by Gasteiger charge is -2.34. The molecule has 1 rings (SSSR count). The predicted molar refractivity (Wildman–Crippen MR) is 62.9 cm³/mol. The van der Waals surface area contributed by atoms with Gasteiger partial charge in [0.05, 0.1) is 6.61 Å². The number of piperidine rings is 1. The van der Waals surface area contributed by atoms with Crippen molar-refractivity contribution in [1.29, 1.82) is 0 Å². The molecule has 0 saturated carbocycles. The second-order valence-electron chi connectivity index (χ2n) is 4.54. The van der Waals surface area contributed by atoms with Crippen molar-refractivity contribution in [3.05, 3.63) is 0 Å². The van der Waals surface area contributed by atoms with E-state index in [1.54, 1.807) is 0 Å². The third-order valence-electron chi connectivity index (χ3n) is 3.20. The minimum absolute atomic E-state index is 0.294. The predicted octanol–water partition coefficient (Wildman–Crippen LogP) is 1.17. The third kappa shape index (κ3) is 4.78. The quantitative estimate of drug-likeness (QED) is 0.646. The average molecular weight is 231 g/mol. The Morgan fingerprint density at radius 2 is 2.06 bits per heavy atom. The monoisotopic (exact) mass is 231 g/mol. The van der Waals surface area contributed by atoms with Gasteiger partial charge in [-0.15, -0.1) is 0 Å². The first-order chi connectivity index (χ1) is 7.77. The smallest absolute Gasteiger partial charge is 0.216 e. The molecule has 2 N–H and O–H groups in total. The van der Waals surface area contributed by atoms with E-state index in [1.807, 2.05) is 11.8 Å². The van der Waals surface area contributed by atoms with Gasteiger partial charge in [-0.05, 0) is 38.0 Å². The Morgan fingerprint density at radius 3 is 2.62 bits per heavy atom. The summed E-state index contributed by atoms with van der Waals surface area (Å²) in [6.45, 7) is 4.75. The Bertz CT molecular complexity index is 170. The van der Waals surface area contributed by atoms with Crippen LogP contribution in [0, 0.1) is 5.92 Å². The van der Waals surface area contributed by atoms with Crippen molar-refractivity contribution in [2.75, 3.05) is 26.3 Å². The number of likely N-dealkylation sites (tertiary alicyclic amines) is 1. The van der Waals surface area contributed by atoms with E-state index in [0.29, 0.717) is 19.1 Å². The van der Waals surface area contributed by atoms with Crippen molar-refractivity contribution in [1.82, 2.24) is 4.90 Å². The molecule has 4 nitrogen and oxygen atoms in total. The van der Waals surface area contributed by atoms with E-state index in [0.717, 1.165) is 45.2 Å². The number of ether oxygens (including phenoxy) is 1. The number of hydrogen-bond donors (Lipinski definition) is 2. The summed E-state index contributed by atoms with van der Waals surface area (Å²) < 4.78 is 5.29. The van der Waals surface area contributed by atoms with Crippen LogP contribution in [0.25, 0.3) is 0 Å². The molecule has 0 spiro atoms. The highest BCUT2D eigenvalue weighted by Crippen LogP contribution is 2.22. The SMILES string of the molecule is CCCOC(O)N1CCC(CCCO)CC1. The molecule has 0 aromatic carbocycles. The highest BCUT2D eigenvalue weighted by molar-refractivity contribution is 4.71. The van der Waals surface area contributed by atoms with E-state index in [2.05, 4.69) is 0 Å². The molecule has 16 heavy (non-hydrogen) atoms. The van der Waals surface area contributed by atoms with Crippen LogP contribution in [0.4, 0.5) is 0 Å². The van der Waals surface area contributed by atoms with Crippen molar-refractivity contribution in [3.63, 3.8) is 0 Å². The van der Waals surface area contributed by atoms with Crippen LogP contribution in [0.1, 0.15) is 39.0 Å². The van der Waals surface area contributed by atoms with Crippen LogP contribution < -0.4 is 0 Å². The fraction of sp³-hybridized carbons (Fsp3) is 1.00. The Kier molecular flexibility index (Phi) is 6.96. The summed E-state index contributed by atoms with van der Waals surface area (Å²) in [5.41, 5.74) is 0. The number of hydrogen-bond acceptors (Lipinski definition) is 4. The fourth-order valence-corrected chi connectivity index (χ4v) is 2.17. The molecule has 0 bridgehead atoms. The van der Waals surface area contributed by atoms with Crippen LogP contribution in [0.3, 0.4) is 0 Å². The number of nitrogens with zero attached hydrogens (tertiary/aromatic N) is 1. The molecule has 0 aromatic rings. The molecule has 0 aliphatic carbocycles. The van der Waals surface area contributed by atoms with Crippen molar-refractivity contribution in [2.45, 2.75) is 45.4 Å². The Hall–Kier alpha value is -0.160. The molecule has 1 heterocycles. The summed E-state index contributed by atoms with van der Waals surface area (Å²) in [6.07, 6.45) is 4.43. The van der Waals surface area contributed by atoms with Crippen LogP contribution in [-0.2, 0) is 4.74 Å². The van der Waals surface area contributed by atoms with E-state index in [4.69, 9.17) is 9.84 Å². The van der Waals surface area contributed by atoms with Gasteiger partial charge < -0.3 is 14.9 Å². The largest absolute Gasteiger partial charge is 0.396 e. The van der Waals surface area contributed by atoms with Crippen LogP contribution in [0.5, 0.6) is 0 Å². The Labute approximate surface area is 98.2 Å². The van der Waals surface area contributed by atoms with Crippen molar-refractivity contribution >= 4 is 0 Å². The van der Waals surface area contributed by atoms with Crippen LogP contribution in [-0.4, -0.2) is 47.8 Å². The molecule has 1 aliphatic rings. The average Bonchev–Trinajstić information content (AvgIpc) is 2.34. The standard InChI is InChI=1S/C12H25NO3/c1-2-10-16-12(15)13-7-5-11(6-8-13)4-3-9-14/h11-12,14-15H,2-10H2,1H3. The van der Waals surface area contributed by atoms with E-state index in [1.165, 1.54) is 0 Å². The second-order valence-corrected chi connectivity index (χ2v) is 4.54. The zero-order valence-electron chi connectivity index (χ0n) is 10.3. The zero-order valence-corrected chi connectivity index (χ0v) is 10.3. The van der Waals surface area contributed by atoms with Gasteiger partial charge in [-0.1, -0.05) is 6.92 Å². The Morgan fingerprint density at radius 1 is 1.38 bits per heavy atom. The maximum absolute atomic E-state index is 9.73. The normalized spacial score (nSPS) is 21.2. The molecule has 1 aliphatic heterocycles. The summed E-state index contributed by atoms with van der Waals surface area (Å²) >= 11 is 0. The molecule has 1 atom stereocenters. The summed E-state index contributed by atoms with van der Waals surface area (Å²) in [7, 11) is 0. The molecule has 0 amide bonds. The van der Waals surface area contributed by atoms with Crippen LogP contribution in [0.15, 0.2) is 0 Å². The number of aliphatic hydroxyl groups is 2. The lowest BCUT2D eigenvalue weighted by Crippen LogP contribution is -2.43. The molecule has 1 saturated heterocycles. The van der Waals surface area contributed by atoms with Gasteiger partial charge >= 0.3 is 0 Å². The molecule has 0 radical (unpaired) electrons. The third-order valence-corrected chi connectivity index (χ3v) is 3.20. The number of aliphatic hydroxyl groups excluding tert-OH is 2. The Balaban J connectivity index is 2.15. The van der Waals surface area contributed by atoms with Gasteiger partial charge in [-0.3, -0.25) is 4.90 Å². The first kappa shape index (κ1) is 13.9. The fourth-order valence-electron chi connectivity index (χ4n) is 2.17. The minimum Gasteiger partial charge on any atom is -0.396 e. The second kappa shape index (κ2) is 8.01. The molecular weight excluding hydrogens is 206 g/mol. The summed E-state index contributed by atoms with van der Waals surface area (Å²) in [5, 5.41) is 18.5. The molecule has 1 unspecified atom stereocenters. The van der Waals surface area contributed by atoms with Gasteiger partial charge in [0.25, 0.3) is 0 Å². The lowest BCUT2D eigenvalue weighted by atomic mass is 9.92. The van der Waals surface area contributed by atoms with Gasteiger partial charge in [-0.25, -0.2) is 0 Å². The molecule has 0 aromatic heterocycles. The summed E-state index contributed by atoms with van der Waals surface area (Å²) in [5.74, 6) is 0.710. The minimum atomic E-state index is -0.723. The number of rotatable bonds is 7.